The van der Waals surface area contributed by atoms with E-state index in [1.165, 1.54) is 18.4 Å². The van der Waals surface area contributed by atoms with E-state index >= 15 is 0 Å². The zero-order valence-electron chi connectivity index (χ0n) is 11.6. The van der Waals surface area contributed by atoms with Crippen molar-refractivity contribution in [2.24, 2.45) is 0 Å². The molecule has 0 aliphatic heterocycles. The number of alkyl halides is 1. The zero-order valence-corrected chi connectivity index (χ0v) is 13.1. The van der Waals surface area contributed by atoms with E-state index in [1.807, 2.05) is 24.3 Å². The van der Waals surface area contributed by atoms with Crippen LogP contribution in [0.2, 0.25) is 0 Å². The third kappa shape index (κ3) is 3.76. The van der Waals surface area contributed by atoms with Crippen molar-refractivity contribution in [1.82, 2.24) is 4.98 Å². The normalized spacial score (nSPS) is 12.1. The molecule has 0 aliphatic rings. The number of ketones is 1. The minimum absolute atomic E-state index is 0.0817. The van der Waals surface area contributed by atoms with Gasteiger partial charge in [0.1, 0.15) is 4.83 Å². The fourth-order valence-electron chi connectivity index (χ4n) is 2.05. The molecular formula is C17H18BrNO. The lowest BCUT2D eigenvalue weighted by Crippen LogP contribution is -2.07. The maximum absolute atomic E-state index is 12.4. The minimum atomic E-state index is -0.313. The Balaban J connectivity index is 2.09. The summed E-state index contributed by atoms with van der Waals surface area (Å²) >= 11 is 3.47. The van der Waals surface area contributed by atoms with Crippen LogP contribution in [0.5, 0.6) is 0 Å². The number of hydrogen-bond donors (Lipinski definition) is 0. The molecule has 104 valence electrons. The van der Waals surface area contributed by atoms with Crippen LogP contribution in [-0.2, 0) is 6.42 Å². The molecule has 0 amide bonds. The predicted molar refractivity (Wildman–Crippen MR) is 85.3 cm³/mol. The second-order valence-corrected chi connectivity index (χ2v) is 5.72. The summed E-state index contributed by atoms with van der Waals surface area (Å²) < 4.78 is 0. The fourth-order valence-corrected chi connectivity index (χ4v) is 2.62. The van der Waals surface area contributed by atoms with Gasteiger partial charge in [-0.3, -0.25) is 9.78 Å². The lowest BCUT2D eigenvalue weighted by Gasteiger charge is -2.09. The Morgan fingerprint density at radius 2 is 1.80 bits per heavy atom. The van der Waals surface area contributed by atoms with Crippen LogP contribution in [0.1, 0.15) is 46.1 Å². The number of pyridine rings is 1. The summed E-state index contributed by atoms with van der Waals surface area (Å²) in [6.07, 6.45) is 6.85. The molecule has 1 atom stereocenters. The molecule has 0 radical (unpaired) electrons. The minimum Gasteiger partial charge on any atom is -0.293 e. The molecule has 1 aromatic heterocycles. The number of carbonyl (C=O) groups is 1. The summed E-state index contributed by atoms with van der Waals surface area (Å²) in [5.41, 5.74) is 2.96. The first-order chi connectivity index (χ1) is 9.72. The average molecular weight is 332 g/mol. The van der Waals surface area contributed by atoms with Crippen molar-refractivity contribution in [3.8, 4) is 0 Å². The second-order valence-electron chi connectivity index (χ2n) is 4.81. The summed E-state index contributed by atoms with van der Waals surface area (Å²) in [5.74, 6) is 0.0817. The summed E-state index contributed by atoms with van der Waals surface area (Å²) in [7, 11) is 0. The van der Waals surface area contributed by atoms with Crippen molar-refractivity contribution in [3.05, 3.63) is 65.5 Å². The van der Waals surface area contributed by atoms with Gasteiger partial charge in [0.15, 0.2) is 5.78 Å². The standard InChI is InChI=1S/C17H18BrNO/c1-2-3-4-13-5-7-15(8-6-13)17(20)16(18)14-9-11-19-12-10-14/h5-12,16H,2-4H2,1H3/t16-/m0/s1. The Labute approximate surface area is 128 Å². The highest BCUT2D eigenvalue weighted by atomic mass is 79.9. The van der Waals surface area contributed by atoms with Gasteiger partial charge in [0.25, 0.3) is 0 Å². The van der Waals surface area contributed by atoms with E-state index in [0.29, 0.717) is 0 Å². The van der Waals surface area contributed by atoms with E-state index in [2.05, 4.69) is 40.0 Å². The van der Waals surface area contributed by atoms with Gasteiger partial charge in [0.2, 0.25) is 0 Å². The van der Waals surface area contributed by atoms with Gasteiger partial charge < -0.3 is 0 Å². The van der Waals surface area contributed by atoms with Gasteiger partial charge in [-0.05, 0) is 36.1 Å². The Morgan fingerprint density at radius 3 is 2.40 bits per heavy atom. The van der Waals surface area contributed by atoms with Gasteiger partial charge in [0, 0.05) is 18.0 Å². The maximum Gasteiger partial charge on any atom is 0.180 e. The van der Waals surface area contributed by atoms with Gasteiger partial charge in [-0.1, -0.05) is 53.5 Å². The number of nitrogens with zero attached hydrogens (tertiary/aromatic N) is 1. The van der Waals surface area contributed by atoms with E-state index in [-0.39, 0.29) is 10.6 Å². The molecule has 0 saturated carbocycles. The highest BCUT2D eigenvalue weighted by molar-refractivity contribution is 9.09. The maximum atomic E-state index is 12.4. The second kappa shape index (κ2) is 7.34. The number of benzene rings is 1. The molecule has 2 nitrogen and oxygen atoms in total. The highest BCUT2D eigenvalue weighted by Crippen LogP contribution is 2.26. The van der Waals surface area contributed by atoms with Crippen LogP contribution in [0.25, 0.3) is 0 Å². The molecule has 3 heteroatoms. The first-order valence-electron chi connectivity index (χ1n) is 6.89. The van der Waals surface area contributed by atoms with Gasteiger partial charge >= 0.3 is 0 Å². The summed E-state index contributed by atoms with van der Waals surface area (Å²) in [4.78, 5) is 16.1. The van der Waals surface area contributed by atoms with Crippen LogP contribution in [0, 0.1) is 0 Å². The van der Waals surface area contributed by atoms with Crippen molar-refractivity contribution < 1.29 is 4.79 Å². The number of carbonyl (C=O) groups excluding carboxylic acids is 1. The molecule has 1 heterocycles. The number of Topliss-reactive ketones (excluding diaryl/α,β-unsaturated/α-hetero) is 1. The van der Waals surface area contributed by atoms with E-state index < -0.39 is 0 Å². The molecular weight excluding hydrogens is 314 g/mol. The van der Waals surface area contributed by atoms with Gasteiger partial charge in [0.05, 0.1) is 0 Å². The molecule has 2 aromatic rings. The monoisotopic (exact) mass is 331 g/mol. The Hall–Kier alpha value is -1.48. The first kappa shape index (κ1) is 14.9. The number of unbranched alkanes of at least 4 members (excludes halogenated alkanes) is 1. The largest absolute Gasteiger partial charge is 0.293 e. The van der Waals surface area contributed by atoms with Crippen molar-refractivity contribution in [2.45, 2.75) is 31.0 Å². The Kier molecular flexibility index (Phi) is 5.48. The third-order valence-corrected chi connectivity index (χ3v) is 4.23. The van der Waals surface area contributed by atoms with Gasteiger partial charge in [-0.25, -0.2) is 0 Å². The highest BCUT2D eigenvalue weighted by Gasteiger charge is 2.18. The van der Waals surface area contributed by atoms with E-state index in [1.54, 1.807) is 12.4 Å². The van der Waals surface area contributed by atoms with Crippen LogP contribution in [-0.4, -0.2) is 10.8 Å². The number of rotatable bonds is 6. The average Bonchev–Trinajstić information content (AvgIpc) is 2.53. The van der Waals surface area contributed by atoms with Crippen LogP contribution in [0.15, 0.2) is 48.8 Å². The Bertz CT molecular complexity index is 551. The molecule has 20 heavy (non-hydrogen) atoms. The van der Waals surface area contributed by atoms with Crippen molar-refractivity contribution in [1.29, 1.82) is 0 Å². The van der Waals surface area contributed by atoms with E-state index in [4.69, 9.17) is 0 Å². The summed E-state index contributed by atoms with van der Waals surface area (Å²) in [5, 5.41) is 0. The van der Waals surface area contributed by atoms with Crippen molar-refractivity contribution in [2.75, 3.05) is 0 Å². The number of aryl methyl sites for hydroxylation is 1. The SMILES string of the molecule is CCCCc1ccc(C(=O)[C@@H](Br)c2ccncc2)cc1. The molecule has 1 aromatic carbocycles. The van der Waals surface area contributed by atoms with Gasteiger partial charge in [-0.15, -0.1) is 0 Å². The fraction of sp³-hybridized carbons (Fsp3) is 0.294. The number of aromatic nitrogens is 1. The smallest absolute Gasteiger partial charge is 0.180 e. The lowest BCUT2D eigenvalue weighted by atomic mass is 10.0. The summed E-state index contributed by atoms with van der Waals surface area (Å²) in [6, 6.07) is 11.6. The van der Waals surface area contributed by atoms with Gasteiger partial charge in [-0.2, -0.15) is 0 Å². The molecule has 0 aliphatic carbocycles. The first-order valence-corrected chi connectivity index (χ1v) is 7.81. The Morgan fingerprint density at radius 1 is 1.15 bits per heavy atom. The molecule has 2 rings (SSSR count). The number of halogens is 1. The van der Waals surface area contributed by atoms with Crippen LogP contribution in [0.4, 0.5) is 0 Å². The van der Waals surface area contributed by atoms with Crippen molar-refractivity contribution in [3.63, 3.8) is 0 Å². The molecule has 0 N–H and O–H groups in total. The summed E-state index contributed by atoms with van der Waals surface area (Å²) in [6.45, 7) is 2.18. The van der Waals surface area contributed by atoms with E-state index in [0.717, 1.165) is 17.5 Å². The topological polar surface area (TPSA) is 30.0 Å². The quantitative estimate of drug-likeness (QED) is 0.565. The zero-order chi connectivity index (χ0) is 14.4. The predicted octanol–water partition coefficient (Wildman–Crippen LogP) is 4.74. The van der Waals surface area contributed by atoms with Crippen LogP contribution < -0.4 is 0 Å². The van der Waals surface area contributed by atoms with Crippen molar-refractivity contribution >= 4 is 21.7 Å². The van der Waals surface area contributed by atoms with E-state index in [9.17, 15) is 4.79 Å². The number of hydrogen-bond acceptors (Lipinski definition) is 2. The third-order valence-electron chi connectivity index (χ3n) is 3.29. The molecule has 0 spiro atoms. The van der Waals surface area contributed by atoms with Crippen LogP contribution in [0.3, 0.4) is 0 Å². The molecule has 0 saturated heterocycles. The van der Waals surface area contributed by atoms with Crippen LogP contribution >= 0.6 is 15.9 Å². The molecule has 0 fully saturated rings. The molecule has 0 unspecified atom stereocenters. The molecule has 0 bridgehead atoms. The lowest BCUT2D eigenvalue weighted by molar-refractivity contribution is 0.0991.